The van der Waals surface area contributed by atoms with Gasteiger partial charge in [0.25, 0.3) is 11.1 Å². The van der Waals surface area contributed by atoms with Crippen molar-refractivity contribution < 1.29 is 0 Å². The molecule has 4 aromatic rings. The van der Waals surface area contributed by atoms with E-state index >= 15 is 0 Å². The number of nitrogens with two attached hydrogens (primary N) is 1. The second-order valence-corrected chi connectivity index (χ2v) is 8.52. The summed E-state index contributed by atoms with van der Waals surface area (Å²) in [5.74, 6) is 0.498. The second-order valence-electron chi connectivity index (χ2n) is 8.52. The van der Waals surface area contributed by atoms with E-state index in [-0.39, 0.29) is 11.1 Å². The van der Waals surface area contributed by atoms with Gasteiger partial charge in [-0.05, 0) is 55.9 Å². The molecule has 6 nitrogen and oxygen atoms in total. The number of nitrogen functional groups attached to an aromatic ring is 1. The lowest BCUT2D eigenvalue weighted by Crippen LogP contribution is -2.36. The molecule has 2 aromatic carbocycles. The number of aromatic nitrogens is 3. The van der Waals surface area contributed by atoms with Crippen LogP contribution in [0.4, 0.5) is 5.69 Å². The maximum absolute atomic E-state index is 13.7. The summed E-state index contributed by atoms with van der Waals surface area (Å²) in [7, 11) is 0. The monoisotopic (exact) mass is 410 g/mol. The number of nitrogens with zero attached hydrogens (tertiary/aromatic N) is 3. The number of fused-ring (bicyclic) bond motifs is 5. The van der Waals surface area contributed by atoms with Crippen LogP contribution >= 0.6 is 0 Å². The Hall–Kier alpha value is -3.67. The minimum Gasteiger partial charge on any atom is -0.398 e. The third-order valence-electron chi connectivity index (χ3n) is 6.62. The molecule has 2 aromatic heterocycles. The highest BCUT2D eigenvalue weighted by Gasteiger charge is 2.37. The summed E-state index contributed by atoms with van der Waals surface area (Å²) in [6, 6.07) is 14.5. The average Bonchev–Trinajstić information content (AvgIpc) is 3.13. The molecule has 2 N–H and O–H groups in total. The first-order valence-electron chi connectivity index (χ1n) is 10.7. The third-order valence-corrected chi connectivity index (χ3v) is 6.62. The summed E-state index contributed by atoms with van der Waals surface area (Å²) in [6.07, 6.45) is 3.85. The van der Waals surface area contributed by atoms with Crippen molar-refractivity contribution in [2.75, 3.05) is 5.73 Å². The third kappa shape index (κ3) is 2.42. The molecule has 6 rings (SSSR count). The highest BCUT2D eigenvalue weighted by Crippen LogP contribution is 2.42. The predicted molar refractivity (Wildman–Crippen MR) is 121 cm³/mol. The highest BCUT2D eigenvalue weighted by molar-refractivity contribution is 5.81. The highest BCUT2D eigenvalue weighted by atomic mass is 16.2. The Morgan fingerprint density at radius 3 is 2.48 bits per heavy atom. The first-order chi connectivity index (χ1) is 15.1. The maximum Gasteiger partial charge on any atom is 0.279 e. The van der Waals surface area contributed by atoms with Crippen LogP contribution in [0.3, 0.4) is 0 Å². The van der Waals surface area contributed by atoms with Crippen molar-refractivity contribution in [3.63, 3.8) is 0 Å². The van der Waals surface area contributed by atoms with E-state index in [1.807, 2.05) is 25.1 Å². The van der Waals surface area contributed by atoms with Gasteiger partial charge in [-0.25, -0.2) is 9.67 Å². The lowest BCUT2D eigenvalue weighted by atomic mass is 9.89. The van der Waals surface area contributed by atoms with Crippen LogP contribution in [0.5, 0.6) is 0 Å². The zero-order valence-electron chi connectivity index (χ0n) is 17.3. The fraction of sp³-hybridized carbons (Fsp3) is 0.240. The Balaban J connectivity index is 1.80. The Bertz CT molecular complexity index is 1510. The Morgan fingerprint density at radius 2 is 1.71 bits per heavy atom. The Labute approximate surface area is 178 Å². The Morgan fingerprint density at radius 1 is 0.968 bits per heavy atom. The number of rotatable bonds is 1. The van der Waals surface area contributed by atoms with Crippen molar-refractivity contribution in [1.29, 1.82) is 0 Å². The minimum absolute atomic E-state index is 0.211. The van der Waals surface area contributed by atoms with Crippen molar-refractivity contribution in [1.82, 2.24) is 14.3 Å². The molecule has 1 atom stereocenters. The van der Waals surface area contributed by atoms with Gasteiger partial charge in [-0.2, -0.15) is 4.68 Å². The van der Waals surface area contributed by atoms with Crippen LogP contribution in [0.15, 0.2) is 58.1 Å². The van der Waals surface area contributed by atoms with Gasteiger partial charge in [0.1, 0.15) is 6.04 Å². The van der Waals surface area contributed by atoms with Crippen LogP contribution in [0, 0.1) is 6.92 Å². The molecule has 2 aliphatic rings. The molecule has 0 saturated heterocycles. The van der Waals surface area contributed by atoms with Gasteiger partial charge in [0.2, 0.25) is 0 Å². The summed E-state index contributed by atoms with van der Waals surface area (Å²) in [4.78, 5) is 32.2. The summed E-state index contributed by atoms with van der Waals surface area (Å²) in [5, 5.41) is 0.815. The van der Waals surface area contributed by atoms with E-state index in [1.54, 1.807) is 28.9 Å². The lowest BCUT2D eigenvalue weighted by Gasteiger charge is -2.21. The molecule has 0 saturated carbocycles. The van der Waals surface area contributed by atoms with Gasteiger partial charge in [-0.15, -0.1) is 0 Å². The van der Waals surface area contributed by atoms with Crippen LogP contribution in [-0.2, 0) is 12.8 Å². The van der Waals surface area contributed by atoms with Gasteiger partial charge in [0.15, 0.2) is 5.82 Å². The predicted octanol–water partition coefficient (Wildman–Crippen LogP) is 3.27. The molecule has 0 bridgehead atoms. The van der Waals surface area contributed by atoms with Crippen LogP contribution in [-0.4, -0.2) is 14.3 Å². The zero-order valence-corrected chi connectivity index (χ0v) is 17.3. The molecule has 3 heterocycles. The fourth-order valence-corrected chi connectivity index (χ4v) is 5.19. The molecular weight excluding hydrogens is 388 g/mol. The molecule has 6 heteroatoms. The quantitative estimate of drug-likeness (QED) is 0.460. The summed E-state index contributed by atoms with van der Waals surface area (Å²) in [6.45, 7) is 2.02. The first-order valence-corrected chi connectivity index (χ1v) is 10.7. The van der Waals surface area contributed by atoms with E-state index < -0.39 is 6.04 Å². The van der Waals surface area contributed by atoms with E-state index in [0.29, 0.717) is 22.3 Å². The molecule has 0 spiro atoms. The molecule has 1 aliphatic carbocycles. The van der Waals surface area contributed by atoms with E-state index in [2.05, 4.69) is 6.07 Å². The van der Waals surface area contributed by atoms with Crippen molar-refractivity contribution in [3.05, 3.63) is 97.2 Å². The van der Waals surface area contributed by atoms with Crippen molar-refractivity contribution in [2.45, 2.75) is 38.6 Å². The topological polar surface area (TPSA) is 82.9 Å². The van der Waals surface area contributed by atoms with Gasteiger partial charge >= 0.3 is 0 Å². The minimum atomic E-state index is -0.487. The fourth-order valence-electron chi connectivity index (χ4n) is 5.19. The molecule has 154 valence electrons. The standard InChI is InChI=1S/C25H22N4O2/c1-14-7-6-8-15(13-14)22-20-21(26)18-11-4-5-12-19(18)27-23(20)29-25(31)17-10-3-2-9-16(17)24(30)28(22)29/h2-3,6-10,13,22H,4-5,11-12H2,1H3,(H2,26,27). The van der Waals surface area contributed by atoms with Gasteiger partial charge in [-0.3, -0.25) is 9.59 Å². The molecule has 31 heavy (non-hydrogen) atoms. The van der Waals surface area contributed by atoms with Gasteiger partial charge in [-0.1, -0.05) is 42.0 Å². The van der Waals surface area contributed by atoms with Gasteiger partial charge in [0, 0.05) is 16.9 Å². The van der Waals surface area contributed by atoms with Crippen molar-refractivity contribution >= 4 is 16.5 Å². The van der Waals surface area contributed by atoms with Gasteiger partial charge < -0.3 is 5.73 Å². The molecule has 1 aliphatic heterocycles. The molecule has 1 unspecified atom stereocenters. The smallest absolute Gasteiger partial charge is 0.279 e. The Kier molecular flexibility index (Phi) is 3.75. The first kappa shape index (κ1) is 18.1. The van der Waals surface area contributed by atoms with E-state index in [9.17, 15) is 9.59 Å². The largest absolute Gasteiger partial charge is 0.398 e. The van der Waals surface area contributed by atoms with Crippen LogP contribution < -0.4 is 16.9 Å². The van der Waals surface area contributed by atoms with E-state index in [4.69, 9.17) is 10.7 Å². The number of anilines is 1. The summed E-state index contributed by atoms with van der Waals surface area (Å²) < 4.78 is 3.01. The molecular formula is C25H22N4O2. The summed E-state index contributed by atoms with van der Waals surface area (Å²) in [5.41, 5.74) is 11.8. The van der Waals surface area contributed by atoms with E-state index in [1.165, 1.54) is 4.68 Å². The molecule has 0 amide bonds. The number of pyridine rings is 1. The molecule has 0 radical (unpaired) electrons. The lowest BCUT2D eigenvalue weighted by molar-refractivity contribution is 0.540. The number of aryl methyl sites for hydroxylation is 2. The van der Waals surface area contributed by atoms with Gasteiger partial charge in [0.05, 0.1) is 10.8 Å². The van der Waals surface area contributed by atoms with Crippen molar-refractivity contribution in [3.8, 4) is 5.82 Å². The average molecular weight is 410 g/mol. The van der Waals surface area contributed by atoms with E-state index in [0.717, 1.165) is 53.6 Å². The van der Waals surface area contributed by atoms with Crippen LogP contribution in [0.2, 0.25) is 0 Å². The van der Waals surface area contributed by atoms with Crippen molar-refractivity contribution in [2.24, 2.45) is 0 Å². The van der Waals surface area contributed by atoms with Crippen LogP contribution in [0.25, 0.3) is 16.6 Å². The summed E-state index contributed by atoms with van der Waals surface area (Å²) >= 11 is 0. The molecule has 0 fully saturated rings. The number of hydrogen-bond acceptors (Lipinski definition) is 4. The maximum atomic E-state index is 13.7. The zero-order chi connectivity index (χ0) is 21.3. The normalized spacial score (nSPS) is 16.7. The number of hydrogen-bond donors (Lipinski definition) is 1. The second kappa shape index (κ2) is 6.41. The SMILES string of the molecule is Cc1cccc(C2c3c(nc4c(c3N)CCCC4)-n3c(=O)c4ccccc4c(=O)n32)c1. The number of benzene rings is 2. The van der Waals surface area contributed by atoms with Crippen LogP contribution in [0.1, 0.15) is 46.8 Å².